The van der Waals surface area contributed by atoms with Gasteiger partial charge >= 0.3 is 0 Å². The minimum absolute atomic E-state index is 0.124. The van der Waals surface area contributed by atoms with Crippen molar-refractivity contribution in [3.8, 4) is 5.75 Å². The standard InChI is InChI=1S/C15H22N2O2/c1-3-19-13-6-4-5-12(16)14(13)15(18)17-11-8-7-10(2)9-11/h4-6,10-11H,3,7-9,16H2,1-2H3,(H,17,18). The van der Waals surface area contributed by atoms with Crippen molar-refractivity contribution in [2.75, 3.05) is 12.3 Å². The molecule has 1 fully saturated rings. The molecule has 1 aromatic carbocycles. The first-order valence-corrected chi connectivity index (χ1v) is 6.94. The van der Waals surface area contributed by atoms with Crippen LogP contribution in [0.15, 0.2) is 18.2 Å². The number of nitrogen functional groups attached to an aromatic ring is 1. The van der Waals surface area contributed by atoms with E-state index in [4.69, 9.17) is 10.5 Å². The molecule has 1 aromatic rings. The topological polar surface area (TPSA) is 64.3 Å². The predicted octanol–water partition coefficient (Wildman–Crippen LogP) is 2.59. The molecule has 1 aliphatic carbocycles. The van der Waals surface area contributed by atoms with Gasteiger partial charge in [-0.15, -0.1) is 0 Å². The van der Waals surface area contributed by atoms with Crippen LogP contribution in [-0.4, -0.2) is 18.6 Å². The van der Waals surface area contributed by atoms with Crippen molar-refractivity contribution in [3.05, 3.63) is 23.8 Å². The molecule has 0 saturated heterocycles. The summed E-state index contributed by atoms with van der Waals surface area (Å²) in [6, 6.07) is 5.58. The lowest BCUT2D eigenvalue weighted by Crippen LogP contribution is -2.33. The van der Waals surface area contributed by atoms with Gasteiger partial charge in [0.05, 0.1) is 6.61 Å². The lowest BCUT2D eigenvalue weighted by molar-refractivity contribution is 0.0934. The van der Waals surface area contributed by atoms with Gasteiger partial charge in [0.15, 0.2) is 0 Å². The molecule has 2 atom stereocenters. The van der Waals surface area contributed by atoms with E-state index >= 15 is 0 Å². The molecule has 1 amide bonds. The Labute approximate surface area is 114 Å². The predicted molar refractivity (Wildman–Crippen MR) is 76.3 cm³/mol. The zero-order valence-corrected chi connectivity index (χ0v) is 11.6. The molecule has 1 aliphatic rings. The third-order valence-corrected chi connectivity index (χ3v) is 3.62. The van der Waals surface area contributed by atoms with Crippen molar-refractivity contribution < 1.29 is 9.53 Å². The van der Waals surface area contributed by atoms with Crippen molar-refractivity contribution >= 4 is 11.6 Å². The van der Waals surface area contributed by atoms with Crippen molar-refractivity contribution in [2.24, 2.45) is 5.92 Å². The van der Waals surface area contributed by atoms with Crippen LogP contribution in [0, 0.1) is 5.92 Å². The minimum atomic E-state index is -0.124. The Hall–Kier alpha value is -1.71. The van der Waals surface area contributed by atoms with E-state index in [1.54, 1.807) is 18.2 Å². The molecule has 4 nitrogen and oxygen atoms in total. The highest BCUT2D eigenvalue weighted by molar-refractivity contribution is 6.02. The average Bonchev–Trinajstić information content (AvgIpc) is 2.75. The first-order valence-electron chi connectivity index (χ1n) is 6.94. The lowest BCUT2D eigenvalue weighted by Gasteiger charge is -2.16. The Morgan fingerprint density at radius 2 is 2.26 bits per heavy atom. The second kappa shape index (κ2) is 5.95. The zero-order valence-electron chi connectivity index (χ0n) is 11.6. The van der Waals surface area contributed by atoms with Crippen LogP contribution in [-0.2, 0) is 0 Å². The number of benzene rings is 1. The van der Waals surface area contributed by atoms with Crippen LogP contribution in [0.4, 0.5) is 5.69 Å². The molecule has 0 radical (unpaired) electrons. The maximum Gasteiger partial charge on any atom is 0.257 e. The van der Waals surface area contributed by atoms with E-state index in [1.165, 1.54) is 6.42 Å². The van der Waals surface area contributed by atoms with Gasteiger partial charge in [-0.3, -0.25) is 4.79 Å². The summed E-state index contributed by atoms with van der Waals surface area (Å²) in [5.74, 6) is 1.12. The largest absolute Gasteiger partial charge is 0.493 e. The van der Waals surface area contributed by atoms with Crippen LogP contribution in [0.3, 0.4) is 0 Å². The Balaban J connectivity index is 2.13. The summed E-state index contributed by atoms with van der Waals surface area (Å²) < 4.78 is 5.48. The minimum Gasteiger partial charge on any atom is -0.493 e. The fourth-order valence-corrected chi connectivity index (χ4v) is 2.66. The third-order valence-electron chi connectivity index (χ3n) is 3.62. The number of anilines is 1. The van der Waals surface area contributed by atoms with Gasteiger partial charge in [-0.25, -0.2) is 0 Å². The second-order valence-electron chi connectivity index (χ2n) is 5.24. The van der Waals surface area contributed by atoms with Gasteiger partial charge in [0.1, 0.15) is 11.3 Å². The molecule has 19 heavy (non-hydrogen) atoms. The van der Waals surface area contributed by atoms with E-state index in [-0.39, 0.29) is 11.9 Å². The van der Waals surface area contributed by atoms with E-state index in [2.05, 4.69) is 12.2 Å². The lowest BCUT2D eigenvalue weighted by atomic mass is 10.1. The van der Waals surface area contributed by atoms with Crippen molar-refractivity contribution in [1.29, 1.82) is 0 Å². The monoisotopic (exact) mass is 262 g/mol. The van der Waals surface area contributed by atoms with E-state index in [1.807, 2.05) is 6.92 Å². The van der Waals surface area contributed by atoms with Crippen LogP contribution in [0.2, 0.25) is 0 Å². The molecule has 0 aromatic heterocycles. The van der Waals surface area contributed by atoms with Crippen LogP contribution >= 0.6 is 0 Å². The number of nitrogens with two attached hydrogens (primary N) is 1. The summed E-state index contributed by atoms with van der Waals surface area (Å²) in [4.78, 5) is 12.4. The Morgan fingerprint density at radius 3 is 2.89 bits per heavy atom. The van der Waals surface area contributed by atoms with E-state index in [0.717, 1.165) is 12.8 Å². The summed E-state index contributed by atoms with van der Waals surface area (Å²) in [5, 5.41) is 3.07. The maximum atomic E-state index is 12.4. The summed E-state index contributed by atoms with van der Waals surface area (Å²) >= 11 is 0. The van der Waals surface area contributed by atoms with Crippen molar-refractivity contribution in [3.63, 3.8) is 0 Å². The molecule has 2 unspecified atom stereocenters. The number of ether oxygens (including phenoxy) is 1. The van der Waals surface area contributed by atoms with Crippen LogP contribution in [0.25, 0.3) is 0 Å². The molecule has 4 heteroatoms. The van der Waals surface area contributed by atoms with Crippen LogP contribution in [0.1, 0.15) is 43.5 Å². The number of nitrogens with one attached hydrogen (secondary N) is 1. The Morgan fingerprint density at radius 1 is 1.47 bits per heavy atom. The van der Waals surface area contributed by atoms with Crippen molar-refractivity contribution in [2.45, 2.75) is 39.2 Å². The first kappa shape index (κ1) is 13.7. The molecule has 0 heterocycles. The summed E-state index contributed by atoms with van der Waals surface area (Å²) in [5.41, 5.74) is 6.84. The molecule has 0 bridgehead atoms. The number of rotatable bonds is 4. The second-order valence-corrected chi connectivity index (χ2v) is 5.24. The molecule has 1 saturated carbocycles. The molecule has 2 rings (SSSR count). The Bertz CT molecular complexity index is 459. The highest BCUT2D eigenvalue weighted by Gasteiger charge is 2.25. The van der Waals surface area contributed by atoms with Gasteiger partial charge in [0, 0.05) is 11.7 Å². The summed E-state index contributed by atoms with van der Waals surface area (Å²) in [6.45, 7) is 4.63. The number of carbonyl (C=O) groups is 1. The fraction of sp³-hybridized carbons (Fsp3) is 0.533. The molecular formula is C15H22N2O2. The van der Waals surface area contributed by atoms with Gasteiger partial charge < -0.3 is 15.8 Å². The normalized spacial score (nSPS) is 22.2. The SMILES string of the molecule is CCOc1cccc(N)c1C(=O)NC1CCC(C)C1. The van der Waals surface area contributed by atoms with Gasteiger partial charge in [-0.05, 0) is 44.2 Å². The number of amides is 1. The third kappa shape index (κ3) is 3.19. The van der Waals surface area contributed by atoms with Crippen LogP contribution < -0.4 is 15.8 Å². The number of hydrogen-bond acceptors (Lipinski definition) is 3. The number of hydrogen-bond donors (Lipinski definition) is 2. The van der Waals surface area contributed by atoms with E-state index in [0.29, 0.717) is 29.5 Å². The highest BCUT2D eigenvalue weighted by Crippen LogP contribution is 2.27. The first-order chi connectivity index (χ1) is 9.11. The highest BCUT2D eigenvalue weighted by atomic mass is 16.5. The molecule has 0 spiro atoms. The van der Waals surface area contributed by atoms with Crippen LogP contribution in [0.5, 0.6) is 5.75 Å². The zero-order chi connectivity index (χ0) is 13.8. The molecule has 104 valence electrons. The van der Waals surface area contributed by atoms with E-state index < -0.39 is 0 Å². The van der Waals surface area contributed by atoms with Gasteiger partial charge in [-0.1, -0.05) is 13.0 Å². The van der Waals surface area contributed by atoms with Gasteiger partial charge in [0.2, 0.25) is 0 Å². The van der Waals surface area contributed by atoms with Crippen molar-refractivity contribution in [1.82, 2.24) is 5.32 Å². The van der Waals surface area contributed by atoms with Gasteiger partial charge in [-0.2, -0.15) is 0 Å². The molecular weight excluding hydrogens is 240 g/mol. The van der Waals surface area contributed by atoms with Gasteiger partial charge in [0.25, 0.3) is 5.91 Å². The molecule has 3 N–H and O–H groups in total. The summed E-state index contributed by atoms with van der Waals surface area (Å²) in [7, 11) is 0. The summed E-state index contributed by atoms with van der Waals surface area (Å²) in [6.07, 6.45) is 3.26. The Kier molecular flexibility index (Phi) is 4.30. The maximum absolute atomic E-state index is 12.4. The van der Waals surface area contributed by atoms with E-state index in [9.17, 15) is 4.79 Å². The quantitative estimate of drug-likeness (QED) is 0.820. The number of carbonyl (C=O) groups excluding carboxylic acids is 1. The fourth-order valence-electron chi connectivity index (χ4n) is 2.66. The smallest absolute Gasteiger partial charge is 0.257 e. The average molecular weight is 262 g/mol. The molecule has 0 aliphatic heterocycles.